The van der Waals surface area contributed by atoms with E-state index in [-0.39, 0.29) is 0 Å². The molecule has 0 heterocycles. The van der Waals surface area contributed by atoms with Gasteiger partial charge in [0.15, 0.2) is 28.2 Å². The van der Waals surface area contributed by atoms with Gasteiger partial charge in [-0.2, -0.15) is 8.42 Å². The van der Waals surface area contributed by atoms with E-state index < -0.39 is 67.9 Å². The molecule has 0 aromatic heterocycles. The maximum atomic E-state index is 13.6. The summed E-state index contributed by atoms with van der Waals surface area (Å²) in [6.07, 6.45) is 0. The number of carbonyl (C=O) groups excluding carboxylic acids is 2. The smallest absolute Gasteiger partial charge is 0.321 e. The molecule has 0 spiro atoms. The Kier molecular flexibility index (Phi) is 5.90. The van der Waals surface area contributed by atoms with Gasteiger partial charge in [-0.25, -0.2) is 22.0 Å². The topological polar surface area (TPSA) is 86.7 Å². The molecule has 0 bridgehead atoms. The molecule has 12 heteroatoms. The lowest BCUT2D eigenvalue weighted by atomic mass is 9.88. The molecule has 1 aromatic rings. The zero-order chi connectivity index (χ0) is 19.7. The van der Waals surface area contributed by atoms with Gasteiger partial charge in [-0.15, -0.1) is 0 Å². The zero-order valence-electron chi connectivity index (χ0n) is 13.0. The lowest BCUT2D eigenvalue weighted by Gasteiger charge is -2.23. The Labute approximate surface area is 138 Å². The van der Waals surface area contributed by atoms with E-state index in [1.807, 2.05) is 0 Å². The number of halogens is 5. The summed E-state index contributed by atoms with van der Waals surface area (Å²) in [4.78, 5) is 20.9. The van der Waals surface area contributed by atoms with E-state index >= 15 is 0 Å². The summed E-state index contributed by atoms with van der Waals surface area (Å²) in [5.74, 6) is -15.0. The van der Waals surface area contributed by atoms with Gasteiger partial charge in [0.25, 0.3) is 0 Å². The number of hydrogen-bond donors (Lipinski definition) is 0. The van der Waals surface area contributed by atoms with Crippen LogP contribution < -0.4 is 0 Å². The Morgan fingerprint density at radius 3 is 1.72 bits per heavy atom. The normalized spacial score (nSPS) is 14.1. The molecule has 0 fully saturated rings. The van der Waals surface area contributed by atoms with Gasteiger partial charge in [0.05, 0.1) is 13.7 Å². The largest absolute Gasteiger partial charge is 0.468 e. The molecule has 1 atom stereocenters. The minimum absolute atomic E-state index is 0.877. The standard InChI is InChI=1S/C13H11F5O6S/c1-5(19)13(2,12(20)23-3)4-24-25(21,22)11-9(17)7(15)6(14)8(16)10(11)18/h4H2,1-3H3. The third-order valence-corrected chi connectivity index (χ3v) is 4.62. The van der Waals surface area contributed by atoms with Crippen molar-refractivity contribution >= 4 is 21.9 Å². The van der Waals surface area contributed by atoms with Gasteiger partial charge in [0.1, 0.15) is 11.2 Å². The Morgan fingerprint density at radius 2 is 1.36 bits per heavy atom. The second-order valence-corrected chi connectivity index (χ2v) is 6.55. The maximum absolute atomic E-state index is 13.6. The number of esters is 1. The molecule has 25 heavy (non-hydrogen) atoms. The number of methoxy groups -OCH3 is 1. The molecule has 0 aliphatic rings. The van der Waals surface area contributed by atoms with Crippen LogP contribution in [0.2, 0.25) is 0 Å². The fourth-order valence-electron chi connectivity index (χ4n) is 1.59. The summed E-state index contributed by atoms with van der Waals surface area (Å²) >= 11 is 0. The molecule has 0 N–H and O–H groups in total. The highest BCUT2D eigenvalue weighted by molar-refractivity contribution is 7.86. The lowest BCUT2D eigenvalue weighted by Crippen LogP contribution is -2.41. The van der Waals surface area contributed by atoms with Crippen LogP contribution in [0.1, 0.15) is 13.8 Å². The van der Waals surface area contributed by atoms with E-state index in [2.05, 4.69) is 8.92 Å². The highest BCUT2D eigenvalue weighted by atomic mass is 32.2. The SMILES string of the molecule is COC(=O)C(C)(COS(=O)(=O)c1c(F)c(F)c(F)c(F)c1F)C(C)=O. The number of hydrogen-bond acceptors (Lipinski definition) is 6. The Balaban J connectivity index is 3.38. The minimum Gasteiger partial charge on any atom is -0.468 e. The van der Waals surface area contributed by atoms with Crippen molar-refractivity contribution in [1.29, 1.82) is 0 Å². The molecule has 1 rings (SSSR count). The minimum atomic E-state index is -5.55. The van der Waals surface area contributed by atoms with Crippen LogP contribution in [0.3, 0.4) is 0 Å². The zero-order valence-corrected chi connectivity index (χ0v) is 13.8. The Hall–Kier alpha value is -2.08. The first-order chi connectivity index (χ1) is 11.3. The molecule has 140 valence electrons. The summed E-state index contributed by atoms with van der Waals surface area (Å²) in [6.45, 7) is 0.511. The van der Waals surface area contributed by atoms with Gasteiger partial charge in [-0.3, -0.25) is 13.8 Å². The third-order valence-electron chi connectivity index (χ3n) is 3.34. The first-order valence-electron chi connectivity index (χ1n) is 6.31. The van der Waals surface area contributed by atoms with E-state index in [0.717, 1.165) is 21.0 Å². The highest BCUT2D eigenvalue weighted by Gasteiger charge is 2.43. The van der Waals surface area contributed by atoms with Crippen LogP contribution >= 0.6 is 0 Å². The van der Waals surface area contributed by atoms with Gasteiger partial charge in [0, 0.05) is 0 Å². The molecule has 0 saturated carbocycles. The molecule has 6 nitrogen and oxygen atoms in total. The van der Waals surface area contributed by atoms with Crippen LogP contribution in [0.25, 0.3) is 0 Å². The Morgan fingerprint density at radius 1 is 0.960 bits per heavy atom. The monoisotopic (exact) mass is 390 g/mol. The van der Waals surface area contributed by atoms with Crippen LogP contribution in [-0.4, -0.2) is 33.9 Å². The molecular weight excluding hydrogens is 379 g/mol. The van der Waals surface area contributed by atoms with Gasteiger partial charge in [-0.1, -0.05) is 0 Å². The third kappa shape index (κ3) is 3.63. The van der Waals surface area contributed by atoms with Gasteiger partial charge < -0.3 is 4.74 Å². The molecule has 0 aliphatic heterocycles. The molecular formula is C13H11F5O6S. The quantitative estimate of drug-likeness (QED) is 0.184. The van der Waals surface area contributed by atoms with Crippen LogP contribution in [0.15, 0.2) is 4.90 Å². The van der Waals surface area contributed by atoms with Gasteiger partial charge in [0.2, 0.25) is 5.82 Å². The van der Waals surface area contributed by atoms with Crippen molar-refractivity contribution < 1.29 is 48.9 Å². The number of benzene rings is 1. The first-order valence-corrected chi connectivity index (χ1v) is 7.72. The molecule has 0 saturated heterocycles. The average Bonchev–Trinajstić information content (AvgIpc) is 2.55. The Bertz CT molecular complexity index is 809. The fraction of sp³-hybridized carbons (Fsp3) is 0.385. The van der Waals surface area contributed by atoms with Crippen molar-refractivity contribution in [2.75, 3.05) is 13.7 Å². The number of Topliss-reactive ketones (excluding diaryl/α,β-unsaturated/α-hetero) is 1. The predicted octanol–water partition coefficient (Wildman–Crippen LogP) is 1.86. The van der Waals surface area contributed by atoms with E-state index in [4.69, 9.17) is 0 Å². The molecule has 0 radical (unpaired) electrons. The van der Waals surface area contributed by atoms with Crippen molar-refractivity contribution in [3.05, 3.63) is 29.1 Å². The molecule has 1 unspecified atom stereocenters. The van der Waals surface area contributed by atoms with Crippen LogP contribution in [0.4, 0.5) is 22.0 Å². The summed E-state index contributed by atoms with van der Waals surface area (Å²) in [5, 5.41) is 0. The summed E-state index contributed by atoms with van der Waals surface area (Å²) in [5.41, 5.74) is -2.19. The highest BCUT2D eigenvalue weighted by Crippen LogP contribution is 2.29. The summed E-state index contributed by atoms with van der Waals surface area (Å²) in [7, 11) is -4.67. The van der Waals surface area contributed by atoms with Crippen molar-refractivity contribution in [2.24, 2.45) is 5.41 Å². The number of ketones is 1. The van der Waals surface area contributed by atoms with E-state index in [0.29, 0.717) is 0 Å². The van der Waals surface area contributed by atoms with Crippen molar-refractivity contribution in [3.63, 3.8) is 0 Å². The predicted molar refractivity (Wildman–Crippen MR) is 70.2 cm³/mol. The number of carbonyl (C=O) groups is 2. The number of rotatable bonds is 6. The lowest BCUT2D eigenvalue weighted by molar-refractivity contribution is -0.158. The van der Waals surface area contributed by atoms with Crippen LogP contribution in [-0.2, 0) is 28.6 Å². The van der Waals surface area contributed by atoms with Crippen molar-refractivity contribution in [3.8, 4) is 0 Å². The van der Waals surface area contributed by atoms with E-state index in [9.17, 15) is 40.0 Å². The van der Waals surface area contributed by atoms with E-state index in [1.54, 1.807) is 0 Å². The fourth-order valence-corrected chi connectivity index (χ4v) is 2.72. The second-order valence-electron chi connectivity index (χ2n) is 5.00. The maximum Gasteiger partial charge on any atom is 0.321 e. The van der Waals surface area contributed by atoms with Crippen molar-refractivity contribution in [1.82, 2.24) is 0 Å². The molecule has 0 amide bonds. The van der Waals surface area contributed by atoms with E-state index in [1.165, 1.54) is 0 Å². The molecule has 0 aliphatic carbocycles. The molecule has 1 aromatic carbocycles. The van der Waals surface area contributed by atoms with Crippen molar-refractivity contribution in [2.45, 2.75) is 18.7 Å². The first kappa shape index (κ1) is 21.0. The number of ether oxygens (including phenoxy) is 1. The van der Waals surface area contributed by atoms with Crippen LogP contribution in [0.5, 0.6) is 0 Å². The van der Waals surface area contributed by atoms with Gasteiger partial charge in [-0.05, 0) is 13.8 Å². The summed E-state index contributed by atoms with van der Waals surface area (Å²) in [6, 6.07) is 0. The summed E-state index contributed by atoms with van der Waals surface area (Å²) < 4.78 is 98.5. The van der Waals surface area contributed by atoms with Gasteiger partial charge >= 0.3 is 16.1 Å². The second kappa shape index (κ2) is 7.04. The average molecular weight is 390 g/mol. The van der Waals surface area contributed by atoms with Crippen LogP contribution in [0, 0.1) is 34.5 Å².